The van der Waals surface area contributed by atoms with E-state index in [4.69, 9.17) is 10.00 Å². The van der Waals surface area contributed by atoms with Gasteiger partial charge in [-0.3, -0.25) is 9.59 Å². The minimum Gasteiger partial charge on any atom is -0.497 e. The van der Waals surface area contributed by atoms with Crippen LogP contribution in [0.4, 0.5) is 5.69 Å². The molecule has 2 N–H and O–H groups in total. The van der Waals surface area contributed by atoms with Crippen molar-refractivity contribution in [3.05, 3.63) is 54.1 Å². The highest BCUT2D eigenvalue weighted by Gasteiger charge is 2.23. The molecule has 2 rings (SSSR count). The first-order valence-electron chi connectivity index (χ1n) is 8.64. The van der Waals surface area contributed by atoms with Crippen molar-refractivity contribution in [2.75, 3.05) is 31.2 Å². The molecule has 0 aromatic heterocycles. The number of rotatable bonds is 7. The lowest BCUT2D eigenvalue weighted by molar-refractivity contribution is -0.126. The fourth-order valence-corrected chi connectivity index (χ4v) is 3.49. The Labute approximate surface area is 167 Å². The first kappa shape index (κ1) is 21.3. The Bertz CT molecular complexity index is 866. The van der Waals surface area contributed by atoms with Crippen molar-refractivity contribution in [2.45, 2.75) is 17.4 Å². The second-order valence-corrected chi connectivity index (χ2v) is 11.1. The Morgan fingerprint density at radius 2 is 1.68 bits per heavy atom. The van der Waals surface area contributed by atoms with Crippen LogP contribution >= 0.6 is 10.0 Å². The molecule has 0 radical (unpaired) electrons. The predicted molar refractivity (Wildman–Crippen MR) is 113 cm³/mol. The minimum atomic E-state index is -0.917. The summed E-state index contributed by atoms with van der Waals surface area (Å²) in [4.78, 5) is 26.0. The molecule has 0 fully saturated rings. The number of anilines is 1. The van der Waals surface area contributed by atoms with E-state index in [2.05, 4.69) is 29.4 Å². The molecular weight excluding hydrogens is 374 g/mol. The molecule has 0 spiro atoms. The van der Waals surface area contributed by atoms with Crippen LogP contribution < -0.4 is 15.4 Å². The highest BCUT2D eigenvalue weighted by molar-refractivity contribution is 8.32. The standard InChI is InChI=1S/C21H25N3O3S/c1-27-17-9-5-15(6-10-17)20(24-19(25)13-14-22)21(26)23-16-7-11-18(12-8-16)28(2,3)4/h5-12,20H,13H2,1-4H3,(H,23,26)(H,24,25). The van der Waals surface area contributed by atoms with Crippen molar-refractivity contribution in [1.82, 2.24) is 5.32 Å². The zero-order valence-electron chi connectivity index (χ0n) is 16.5. The lowest BCUT2D eigenvalue weighted by atomic mass is 10.1. The van der Waals surface area contributed by atoms with Crippen LogP contribution in [0.25, 0.3) is 0 Å². The van der Waals surface area contributed by atoms with E-state index in [1.807, 2.05) is 24.3 Å². The van der Waals surface area contributed by atoms with Gasteiger partial charge < -0.3 is 15.4 Å². The van der Waals surface area contributed by atoms with E-state index in [1.165, 1.54) is 4.90 Å². The van der Waals surface area contributed by atoms with Gasteiger partial charge in [0.15, 0.2) is 0 Å². The Kier molecular flexibility index (Phi) is 7.07. The van der Waals surface area contributed by atoms with Crippen molar-refractivity contribution >= 4 is 27.5 Å². The molecule has 2 aromatic carbocycles. The molecule has 0 bridgehead atoms. The van der Waals surface area contributed by atoms with E-state index in [1.54, 1.807) is 37.4 Å². The van der Waals surface area contributed by atoms with E-state index in [9.17, 15) is 9.59 Å². The van der Waals surface area contributed by atoms with Crippen LogP contribution in [0, 0.1) is 11.3 Å². The minimum absolute atomic E-state index is 0.316. The molecule has 2 amide bonds. The van der Waals surface area contributed by atoms with Gasteiger partial charge in [-0.1, -0.05) is 12.1 Å². The van der Waals surface area contributed by atoms with Gasteiger partial charge in [-0.25, -0.2) is 10.0 Å². The molecule has 2 aromatic rings. The van der Waals surface area contributed by atoms with Gasteiger partial charge in [-0.2, -0.15) is 5.26 Å². The third kappa shape index (κ3) is 5.76. The summed E-state index contributed by atoms with van der Waals surface area (Å²) in [6.45, 7) is 0. The van der Waals surface area contributed by atoms with Gasteiger partial charge in [-0.15, -0.1) is 0 Å². The number of nitriles is 1. The van der Waals surface area contributed by atoms with Crippen LogP contribution in [0.2, 0.25) is 0 Å². The summed E-state index contributed by atoms with van der Waals surface area (Å²) in [7, 11) is 0.704. The number of nitrogens with zero attached hydrogens (tertiary/aromatic N) is 1. The average Bonchev–Trinajstić information content (AvgIpc) is 2.66. The molecule has 148 valence electrons. The smallest absolute Gasteiger partial charge is 0.251 e. The van der Waals surface area contributed by atoms with Crippen molar-refractivity contribution < 1.29 is 14.3 Å². The van der Waals surface area contributed by atoms with E-state index < -0.39 is 22.0 Å². The lowest BCUT2D eigenvalue weighted by Crippen LogP contribution is -2.36. The number of carbonyl (C=O) groups excluding carboxylic acids is 2. The van der Waals surface area contributed by atoms with Gasteiger partial charge in [0.2, 0.25) is 5.91 Å². The third-order valence-electron chi connectivity index (χ3n) is 4.09. The van der Waals surface area contributed by atoms with Gasteiger partial charge in [0.05, 0.1) is 13.2 Å². The van der Waals surface area contributed by atoms with Crippen molar-refractivity contribution in [1.29, 1.82) is 5.26 Å². The summed E-state index contributed by atoms with van der Waals surface area (Å²) < 4.78 is 5.13. The highest BCUT2D eigenvalue weighted by atomic mass is 32.3. The topological polar surface area (TPSA) is 91.2 Å². The largest absolute Gasteiger partial charge is 0.497 e. The quantitative estimate of drug-likeness (QED) is 0.746. The molecule has 0 aliphatic rings. The van der Waals surface area contributed by atoms with E-state index in [-0.39, 0.29) is 12.3 Å². The summed E-state index contributed by atoms with van der Waals surface area (Å²) >= 11 is 0. The summed E-state index contributed by atoms with van der Waals surface area (Å²) in [5.74, 6) is -0.246. The Hall–Kier alpha value is -2.98. The van der Waals surface area contributed by atoms with Gasteiger partial charge >= 0.3 is 0 Å². The van der Waals surface area contributed by atoms with Crippen LogP contribution in [0.15, 0.2) is 53.4 Å². The van der Waals surface area contributed by atoms with Crippen LogP contribution in [0.5, 0.6) is 5.75 Å². The molecule has 0 aliphatic heterocycles. The predicted octanol–water partition coefficient (Wildman–Crippen LogP) is 3.46. The van der Waals surface area contributed by atoms with Crippen LogP contribution in [0.1, 0.15) is 18.0 Å². The summed E-state index contributed by atoms with van der Waals surface area (Å²) in [6.07, 6.45) is 6.28. The van der Waals surface area contributed by atoms with Crippen molar-refractivity contribution in [2.24, 2.45) is 0 Å². The lowest BCUT2D eigenvalue weighted by Gasteiger charge is -2.26. The SMILES string of the molecule is COc1ccc(C(NC(=O)CC#N)C(=O)Nc2ccc(S(C)(C)C)cc2)cc1. The van der Waals surface area contributed by atoms with Crippen molar-refractivity contribution in [3.8, 4) is 11.8 Å². The number of benzene rings is 2. The van der Waals surface area contributed by atoms with Gasteiger partial charge in [0, 0.05) is 5.69 Å². The Morgan fingerprint density at radius 3 is 2.18 bits per heavy atom. The second kappa shape index (κ2) is 9.29. The molecule has 28 heavy (non-hydrogen) atoms. The molecule has 0 aliphatic carbocycles. The van der Waals surface area contributed by atoms with E-state index in [0.29, 0.717) is 17.0 Å². The third-order valence-corrected chi connectivity index (χ3v) is 5.77. The number of hydrogen-bond acceptors (Lipinski definition) is 4. The molecule has 0 saturated carbocycles. The molecule has 7 heteroatoms. The fourth-order valence-electron chi connectivity index (χ4n) is 2.54. The van der Waals surface area contributed by atoms with E-state index in [0.717, 1.165) is 0 Å². The molecule has 6 nitrogen and oxygen atoms in total. The van der Waals surface area contributed by atoms with Crippen LogP contribution in [0.3, 0.4) is 0 Å². The number of nitrogens with one attached hydrogen (secondary N) is 2. The van der Waals surface area contributed by atoms with Gasteiger partial charge in [0.1, 0.15) is 18.2 Å². The molecule has 1 atom stereocenters. The Balaban J connectivity index is 2.22. The number of ether oxygens (including phenoxy) is 1. The summed E-state index contributed by atoms with van der Waals surface area (Å²) in [6, 6.07) is 15.4. The van der Waals surface area contributed by atoms with Crippen molar-refractivity contribution in [3.63, 3.8) is 0 Å². The second-order valence-electron chi connectivity index (χ2n) is 6.96. The number of hydrogen-bond donors (Lipinski definition) is 2. The zero-order valence-corrected chi connectivity index (χ0v) is 17.3. The van der Waals surface area contributed by atoms with Crippen LogP contribution in [-0.2, 0) is 9.59 Å². The molecular formula is C21H25N3O3S. The Morgan fingerprint density at radius 1 is 1.07 bits per heavy atom. The summed E-state index contributed by atoms with van der Waals surface area (Å²) in [5.41, 5.74) is 1.24. The average molecular weight is 400 g/mol. The normalized spacial score (nSPS) is 12.4. The first-order chi connectivity index (χ1) is 13.2. The molecule has 0 heterocycles. The van der Waals surface area contributed by atoms with Gasteiger partial charge in [0.25, 0.3) is 5.91 Å². The monoisotopic (exact) mass is 399 g/mol. The molecule has 1 unspecified atom stereocenters. The molecule has 0 saturated heterocycles. The maximum absolute atomic E-state index is 12.9. The number of methoxy groups -OCH3 is 1. The number of carbonyl (C=O) groups is 2. The first-order valence-corrected chi connectivity index (χ1v) is 11.5. The van der Waals surface area contributed by atoms with E-state index >= 15 is 0 Å². The van der Waals surface area contributed by atoms with Crippen LogP contribution in [-0.4, -0.2) is 37.7 Å². The summed E-state index contributed by atoms with van der Waals surface area (Å²) in [5, 5.41) is 14.2. The maximum Gasteiger partial charge on any atom is 0.251 e. The van der Waals surface area contributed by atoms with Gasteiger partial charge in [-0.05, 0) is 65.6 Å². The maximum atomic E-state index is 12.9. The highest BCUT2D eigenvalue weighted by Crippen LogP contribution is 2.45. The zero-order chi connectivity index (χ0) is 20.7. The number of amides is 2. The fraction of sp³-hybridized carbons (Fsp3) is 0.286.